The van der Waals surface area contributed by atoms with Gasteiger partial charge in [0.2, 0.25) is 0 Å². The highest BCUT2D eigenvalue weighted by molar-refractivity contribution is 6.34. The summed E-state index contributed by atoms with van der Waals surface area (Å²) in [7, 11) is 0. The fraction of sp³-hybridized carbons (Fsp3) is 0.364. The quantitative estimate of drug-likeness (QED) is 0.871. The molecule has 1 aromatic carbocycles. The van der Waals surface area contributed by atoms with Gasteiger partial charge >= 0.3 is 6.18 Å². The molecule has 2 rings (SSSR count). The first-order valence-electron chi connectivity index (χ1n) is 5.23. The molecule has 1 heterocycles. The minimum absolute atomic E-state index is 0.0447. The van der Waals surface area contributed by atoms with E-state index in [2.05, 4.69) is 14.7 Å². The van der Waals surface area contributed by atoms with Crippen molar-refractivity contribution in [2.45, 2.75) is 12.6 Å². The minimum Gasteiger partial charge on any atom is -0.372 e. The van der Waals surface area contributed by atoms with Crippen LogP contribution in [0.4, 0.5) is 13.2 Å². The van der Waals surface area contributed by atoms with Crippen molar-refractivity contribution < 1.29 is 17.9 Å². The van der Waals surface area contributed by atoms with E-state index in [1.165, 1.54) is 0 Å². The maximum Gasteiger partial charge on any atom is 0.411 e. The first-order chi connectivity index (χ1) is 8.46. The second-order valence-electron chi connectivity index (χ2n) is 3.74. The highest BCUT2D eigenvalue weighted by Gasteiger charge is 2.27. The van der Waals surface area contributed by atoms with Gasteiger partial charge in [0.25, 0.3) is 0 Å². The number of alkyl halides is 3. The molecule has 0 fully saturated rings. The van der Waals surface area contributed by atoms with Gasteiger partial charge < -0.3 is 9.72 Å². The number of rotatable bonds is 4. The van der Waals surface area contributed by atoms with Crippen LogP contribution in [0.25, 0.3) is 11.0 Å². The van der Waals surface area contributed by atoms with Gasteiger partial charge in [0.05, 0.1) is 17.1 Å². The standard InChI is InChI=1S/C11H10ClF3N2O/c12-7-2-1-3-8-10(7)17-9(16-8)4-5-18-6-11(13,14)15/h1-3H,4-6H2,(H,16,17). The molecule has 0 amide bonds. The Kier molecular flexibility index (Phi) is 3.77. The fourth-order valence-electron chi connectivity index (χ4n) is 1.52. The summed E-state index contributed by atoms with van der Waals surface area (Å²) in [5, 5.41) is 0.506. The molecular formula is C11H10ClF3N2O. The third-order valence-corrected chi connectivity index (χ3v) is 2.57. The lowest BCUT2D eigenvalue weighted by molar-refractivity contribution is -0.173. The van der Waals surface area contributed by atoms with Crippen LogP contribution < -0.4 is 0 Å². The molecule has 0 unspecified atom stereocenters. The maximum atomic E-state index is 11.8. The zero-order valence-corrected chi connectivity index (χ0v) is 9.98. The minimum atomic E-state index is -4.29. The van der Waals surface area contributed by atoms with Gasteiger partial charge in [-0.15, -0.1) is 0 Å². The molecule has 98 valence electrons. The number of para-hydroxylation sites is 1. The molecule has 1 N–H and O–H groups in total. The number of H-pyrrole nitrogens is 1. The zero-order valence-electron chi connectivity index (χ0n) is 9.22. The predicted octanol–water partition coefficient (Wildman–Crippen LogP) is 3.34. The third-order valence-electron chi connectivity index (χ3n) is 2.26. The van der Waals surface area contributed by atoms with Gasteiger partial charge in [-0.05, 0) is 12.1 Å². The molecule has 0 saturated carbocycles. The zero-order chi connectivity index (χ0) is 13.2. The van der Waals surface area contributed by atoms with E-state index < -0.39 is 12.8 Å². The Labute approximate surface area is 106 Å². The summed E-state index contributed by atoms with van der Waals surface area (Å²) in [5.41, 5.74) is 1.37. The first kappa shape index (κ1) is 13.2. The van der Waals surface area contributed by atoms with Gasteiger partial charge in [0.1, 0.15) is 17.9 Å². The second kappa shape index (κ2) is 5.16. The van der Waals surface area contributed by atoms with Crippen molar-refractivity contribution in [3.05, 3.63) is 29.0 Å². The molecule has 0 radical (unpaired) electrons. The lowest BCUT2D eigenvalue weighted by atomic mass is 10.3. The van der Waals surface area contributed by atoms with Gasteiger partial charge in [0.15, 0.2) is 0 Å². The Morgan fingerprint density at radius 2 is 2.11 bits per heavy atom. The average molecular weight is 279 g/mol. The van der Waals surface area contributed by atoms with Crippen LogP contribution in [0.3, 0.4) is 0 Å². The number of aromatic amines is 1. The molecule has 3 nitrogen and oxygen atoms in total. The van der Waals surface area contributed by atoms with Gasteiger partial charge in [-0.1, -0.05) is 17.7 Å². The summed E-state index contributed by atoms with van der Waals surface area (Å²) >= 11 is 5.93. The van der Waals surface area contributed by atoms with E-state index in [0.717, 1.165) is 5.52 Å². The van der Waals surface area contributed by atoms with Crippen LogP contribution in [0.5, 0.6) is 0 Å². The van der Waals surface area contributed by atoms with E-state index in [9.17, 15) is 13.2 Å². The number of aromatic nitrogens is 2. The Morgan fingerprint density at radius 1 is 1.33 bits per heavy atom. The topological polar surface area (TPSA) is 37.9 Å². The first-order valence-corrected chi connectivity index (χ1v) is 5.61. The van der Waals surface area contributed by atoms with Gasteiger partial charge in [-0.3, -0.25) is 0 Å². The Morgan fingerprint density at radius 3 is 2.78 bits per heavy atom. The van der Waals surface area contributed by atoms with Crippen LogP contribution >= 0.6 is 11.6 Å². The normalized spacial score (nSPS) is 12.2. The van der Waals surface area contributed by atoms with Crippen LogP contribution in [-0.4, -0.2) is 29.4 Å². The van der Waals surface area contributed by atoms with Crippen LogP contribution in [0.2, 0.25) is 5.02 Å². The molecule has 0 aliphatic heterocycles. The number of nitrogens with zero attached hydrogens (tertiary/aromatic N) is 1. The number of benzene rings is 1. The van der Waals surface area contributed by atoms with Crippen LogP contribution in [0, 0.1) is 0 Å². The molecule has 0 aliphatic rings. The third kappa shape index (κ3) is 3.36. The molecule has 0 saturated heterocycles. The number of ether oxygens (including phenoxy) is 1. The number of halogens is 4. The molecule has 0 bridgehead atoms. The second-order valence-corrected chi connectivity index (χ2v) is 4.14. The van der Waals surface area contributed by atoms with Crippen molar-refractivity contribution in [1.29, 1.82) is 0 Å². The summed E-state index contributed by atoms with van der Waals surface area (Å²) < 4.78 is 40.0. The van der Waals surface area contributed by atoms with Crippen molar-refractivity contribution >= 4 is 22.6 Å². The van der Waals surface area contributed by atoms with E-state index in [4.69, 9.17) is 11.6 Å². The summed E-state index contributed by atoms with van der Waals surface area (Å²) in [4.78, 5) is 7.17. The Hall–Kier alpha value is -1.27. The molecule has 1 aromatic heterocycles. The lowest BCUT2D eigenvalue weighted by Gasteiger charge is -2.06. The van der Waals surface area contributed by atoms with Crippen molar-refractivity contribution in [2.24, 2.45) is 0 Å². The van der Waals surface area contributed by atoms with Crippen LogP contribution in [0.15, 0.2) is 18.2 Å². The number of hydrogen-bond donors (Lipinski definition) is 1. The lowest BCUT2D eigenvalue weighted by Crippen LogP contribution is -2.18. The van der Waals surface area contributed by atoms with Crippen molar-refractivity contribution in [3.63, 3.8) is 0 Å². The number of imidazole rings is 1. The molecule has 0 spiro atoms. The number of nitrogens with one attached hydrogen (secondary N) is 1. The van der Waals surface area contributed by atoms with Gasteiger partial charge in [-0.25, -0.2) is 4.98 Å². The molecule has 0 atom stereocenters. The molecular weight excluding hydrogens is 269 g/mol. The molecule has 18 heavy (non-hydrogen) atoms. The smallest absolute Gasteiger partial charge is 0.372 e. The predicted molar refractivity (Wildman–Crippen MR) is 61.7 cm³/mol. The Balaban J connectivity index is 1.94. The highest BCUT2D eigenvalue weighted by Crippen LogP contribution is 2.21. The van der Waals surface area contributed by atoms with Gasteiger partial charge in [-0.2, -0.15) is 13.2 Å². The van der Waals surface area contributed by atoms with Crippen molar-refractivity contribution in [3.8, 4) is 0 Å². The average Bonchev–Trinajstić information content (AvgIpc) is 2.68. The van der Waals surface area contributed by atoms with E-state index >= 15 is 0 Å². The van der Waals surface area contributed by atoms with Crippen LogP contribution in [-0.2, 0) is 11.2 Å². The Bertz CT molecular complexity index is 539. The summed E-state index contributed by atoms with van der Waals surface area (Å²) in [6, 6.07) is 5.27. The largest absolute Gasteiger partial charge is 0.411 e. The molecule has 2 aromatic rings. The highest BCUT2D eigenvalue weighted by atomic mass is 35.5. The van der Waals surface area contributed by atoms with E-state index in [1.807, 2.05) is 0 Å². The maximum absolute atomic E-state index is 11.8. The number of hydrogen-bond acceptors (Lipinski definition) is 2. The van der Waals surface area contributed by atoms with Gasteiger partial charge in [0, 0.05) is 6.42 Å². The SMILES string of the molecule is FC(F)(F)COCCc1nc2c(Cl)cccc2[nH]1. The van der Waals surface area contributed by atoms with Crippen LogP contribution in [0.1, 0.15) is 5.82 Å². The van der Waals surface area contributed by atoms with Crippen molar-refractivity contribution in [2.75, 3.05) is 13.2 Å². The summed E-state index contributed by atoms with van der Waals surface area (Å²) in [6.07, 6.45) is -4.02. The molecule has 7 heteroatoms. The number of fused-ring (bicyclic) bond motifs is 1. The monoisotopic (exact) mass is 278 g/mol. The van der Waals surface area contributed by atoms with E-state index in [-0.39, 0.29) is 13.0 Å². The summed E-state index contributed by atoms with van der Waals surface area (Å²) in [5.74, 6) is 0.556. The molecule has 0 aliphatic carbocycles. The van der Waals surface area contributed by atoms with Crippen molar-refractivity contribution in [1.82, 2.24) is 9.97 Å². The van der Waals surface area contributed by atoms with E-state index in [0.29, 0.717) is 16.4 Å². The summed E-state index contributed by atoms with van der Waals surface area (Å²) in [6.45, 7) is -1.29. The van der Waals surface area contributed by atoms with E-state index in [1.54, 1.807) is 18.2 Å². The fourth-order valence-corrected chi connectivity index (χ4v) is 1.74.